The van der Waals surface area contributed by atoms with Crippen molar-refractivity contribution in [2.24, 2.45) is 0 Å². The number of anilines is 1. The van der Waals surface area contributed by atoms with Crippen LogP contribution in [0.2, 0.25) is 10.0 Å². The second-order valence-electron chi connectivity index (χ2n) is 4.87. The van der Waals surface area contributed by atoms with Crippen molar-refractivity contribution >= 4 is 52.1 Å². The van der Waals surface area contributed by atoms with E-state index in [2.05, 4.69) is 10.6 Å². The van der Waals surface area contributed by atoms with Gasteiger partial charge in [0, 0.05) is 12.1 Å². The fourth-order valence-corrected chi connectivity index (χ4v) is 2.59. The number of rotatable bonds is 6. The van der Waals surface area contributed by atoms with Crippen molar-refractivity contribution in [3.05, 3.63) is 58.1 Å². The van der Waals surface area contributed by atoms with Crippen LogP contribution < -0.4 is 15.4 Å². The highest BCUT2D eigenvalue weighted by atomic mass is 35.5. The van der Waals surface area contributed by atoms with Crippen LogP contribution in [-0.4, -0.2) is 31.3 Å². The molecule has 2 aromatic carbocycles. The zero-order chi connectivity index (χ0) is 18.2. The molecule has 132 valence electrons. The molecule has 0 saturated heterocycles. The number of hydrogen-bond donors (Lipinski definition) is 2. The summed E-state index contributed by atoms with van der Waals surface area (Å²) in [5.41, 5.74) is 0.908. The van der Waals surface area contributed by atoms with Crippen LogP contribution in [-0.2, 0) is 4.74 Å². The van der Waals surface area contributed by atoms with Crippen molar-refractivity contribution in [2.75, 3.05) is 25.6 Å². The van der Waals surface area contributed by atoms with E-state index in [0.29, 0.717) is 40.3 Å². The summed E-state index contributed by atoms with van der Waals surface area (Å²) < 4.78 is 10.5. The van der Waals surface area contributed by atoms with E-state index in [9.17, 15) is 4.79 Å². The first kappa shape index (κ1) is 19.5. The zero-order valence-corrected chi connectivity index (χ0v) is 15.7. The Balaban J connectivity index is 2.02. The highest BCUT2D eigenvalue weighted by Crippen LogP contribution is 2.25. The Labute approximate surface area is 161 Å². The maximum absolute atomic E-state index is 12.4. The lowest BCUT2D eigenvalue weighted by Crippen LogP contribution is -2.34. The molecule has 0 fully saturated rings. The van der Waals surface area contributed by atoms with Gasteiger partial charge < -0.3 is 14.8 Å². The van der Waals surface area contributed by atoms with Crippen molar-refractivity contribution in [3.63, 3.8) is 0 Å². The van der Waals surface area contributed by atoms with E-state index in [-0.39, 0.29) is 5.11 Å². The summed E-state index contributed by atoms with van der Waals surface area (Å²) in [4.78, 5) is 12.4. The van der Waals surface area contributed by atoms with Crippen molar-refractivity contribution in [1.82, 2.24) is 5.32 Å². The van der Waals surface area contributed by atoms with Gasteiger partial charge in [0.2, 0.25) is 0 Å². The van der Waals surface area contributed by atoms with Gasteiger partial charge in [-0.15, -0.1) is 0 Å². The number of amides is 1. The number of para-hydroxylation sites is 1. The fraction of sp³-hybridized carbons (Fsp3) is 0.176. The quantitative estimate of drug-likeness (QED) is 0.565. The van der Waals surface area contributed by atoms with Gasteiger partial charge in [-0.05, 0) is 42.5 Å². The molecule has 0 spiro atoms. The minimum Gasteiger partial charge on any atom is -0.490 e. The molecule has 0 radical (unpaired) electrons. The number of ether oxygens (including phenoxy) is 2. The lowest BCUT2D eigenvalue weighted by molar-refractivity contribution is 0.0970. The van der Waals surface area contributed by atoms with E-state index < -0.39 is 5.91 Å². The molecule has 1 amide bonds. The van der Waals surface area contributed by atoms with Crippen LogP contribution in [0.25, 0.3) is 0 Å². The molecule has 0 aliphatic carbocycles. The first-order valence-electron chi connectivity index (χ1n) is 7.29. The summed E-state index contributed by atoms with van der Waals surface area (Å²) in [6, 6.07) is 11.8. The summed E-state index contributed by atoms with van der Waals surface area (Å²) in [6.45, 7) is 0.759. The maximum Gasteiger partial charge on any atom is 0.261 e. The predicted molar refractivity (Wildman–Crippen MR) is 104 cm³/mol. The van der Waals surface area contributed by atoms with Crippen LogP contribution in [0.15, 0.2) is 42.5 Å². The van der Waals surface area contributed by atoms with E-state index in [1.54, 1.807) is 49.6 Å². The highest BCUT2D eigenvalue weighted by Gasteiger charge is 2.14. The van der Waals surface area contributed by atoms with Gasteiger partial charge in [0.05, 0.1) is 22.9 Å². The van der Waals surface area contributed by atoms with Crippen LogP contribution in [0.5, 0.6) is 5.75 Å². The maximum atomic E-state index is 12.4. The van der Waals surface area contributed by atoms with Crippen molar-refractivity contribution in [3.8, 4) is 5.75 Å². The van der Waals surface area contributed by atoms with Crippen molar-refractivity contribution < 1.29 is 14.3 Å². The average molecular weight is 399 g/mol. The molecule has 0 heterocycles. The number of benzene rings is 2. The highest BCUT2D eigenvalue weighted by molar-refractivity contribution is 7.80. The third-order valence-electron chi connectivity index (χ3n) is 3.08. The van der Waals surface area contributed by atoms with Crippen LogP contribution >= 0.6 is 35.4 Å². The molecule has 2 N–H and O–H groups in total. The van der Waals surface area contributed by atoms with Crippen LogP contribution in [0, 0.1) is 0 Å². The second kappa shape index (κ2) is 9.58. The number of methoxy groups -OCH3 is 1. The fourth-order valence-electron chi connectivity index (χ4n) is 1.93. The van der Waals surface area contributed by atoms with Crippen molar-refractivity contribution in [2.45, 2.75) is 0 Å². The zero-order valence-electron chi connectivity index (χ0n) is 13.3. The van der Waals surface area contributed by atoms with E-state index in [4.69, 9.17) is 44.9 Å². The van der Waals surface area contributed by atoms with Gasteiger partial charge in [0.25, 0.3) is 5.91 Å². The van der Waals surface area contributed by atoms with Gasteiger partial charge in [-0.3, -0.25) is 10.1 Å². The SMILES string of the molecule is COCCOc1ccccc1C(=O)NC(=S)Nc1ccc(Cl)cc1Cl. The van der Waals surface area contributed by atoms with Crippen LogP contribution in [0.3, 0.4) is 0 Å². The van der Waals surface area contributed by atoms with Gasteiger partial charge in [0.1, 0.15) is 12.4 Å². The minimum absolute atomic E-state index is 0.112. The Morgan fingerprint density at radius 3 is 2.64 bits per heavy atom. The molecule has 25 heavy (non-hydrogen) atoms. The van der Waals surface area contributed by atoms with Crippen LogP contribution in [0.4, 0.5) is 5.69 Å². The average Bonchev–Trinajstić information content (AvgIpc) is 2.58. The van der Waals surface area contributed by atoms with E-state index in [1.807, 2.05) is 0 Å². The lowest BCUT2D eigenvalue weighted by atomic mass is 10.2. The molecule has 0 bridgehead atoms. The molecule has 0 unspecified atom stereocenters. The van der Waals surface area contributed by atoms with Gasteiger partial charge in [-0.2, -0.15) is 0 Å². The van der Waals surface area contributed by atoms with Gasteiger partial charge >= 0.3 is 0 Å². The Morgan fingerprint density at radius 1 is 1.16 bits per heavy atom. The molecule has 5 nitrogen and oxygen atoms in total. The Kier molecular flexibility index (Phi) is 7.46. The monoisotopic (exact) mass is 398 g/mol. The molecule has 0 aliphatic rings. The van der Waals surface area contributed by atoms with Gasteiger partial charge in [0.15, 0.2) is 5.11 Å². The number of nitrogens with one attached hydrogen (secondary N) is 2. The number of hydrogen-bond acceptors (Lipinski definition) is 4. The van der Waals surface area contributed by atoms with E-state index in [0.717, 1.165) is 0 Å². The predicted octanol–water partition coefficient (Wildman–Crippen LogP) is 4.15. The standard InChI is InChI=1S/C17H16Cl2N2O3S/c1-23-8-9-24-15-5-3-2-4-12(15)16(22)21-17(25)20-14-7-6-11(18)10-13(14)19/h2-7,10H,8-9H2,1H3,(H2,20,21,22,25). The summed E-state index contributed by atoms with van der Waals surface area (Å²) >= 11 is 17.1. The van der Waals surface area contributed by atoms with Crippen molar-refractivity contribution in [1.29, 1.82) is 0 Å². The molecule has 0 aromatic heterocycles. The van der Waals surface area contributed by atoms with E-state index >= 15 is 0 Å². The number of halogens is 2. The summed E-state index contributed by atoms with van der Waals surface area (Å²) in [6.07, 6.45) is 0. The number of thiocarbonyl (C=S) groups is 1. The normalized spacial score (nSPS) is 10.2. The van der Waals surface area contributed by atoms with E-state index in [1.165, 1.54) is 0 Å². The number of carbonyl (C=O) groups is 1. The first-order valence-corrected chi connectivity index (χ1v) is 8.46. The molecular weight excluding hydrogens is 383 g/mol. The van der Waals surface area contributed by atoms with Gasteiger partial charge in [-0.25, -0.2) is 0 Å². The summed E-state index contributed by atoms with van der Waals surface area (Å²) in [5, 5.41) is 6.47. The largest absolute Gasteiger partial charge is 0.490 e. The van der Waals surface area contributed by atoms with Crippen LogP contribution in [0.1, 0.15) is 10.4 Å². The Morgan fingerprint density at radius 2 is 1.92 bits per heavy atom. The third-order valence-corrected chi connectivity index (χ3v) is 3.84. The molecule has 8 heteroatoms. The lowest BCUT2D eigenvalue weighted by Gasteiger charge is -2.13. The molecule has 2 aromatic rings. The van der Waals surface area contributed by atoms with Gasteiger partial charge in [-0.1, -0.05) is 35.3 Å². The Bertz CT molecular complexity index is 771. The summed E-state index contributed by atoms with van der Waals surface area (Å²) in [7, 11) is 1.58. The molecule has 0 atom stereocenters. The minimum atomic E-state index is -0.393. The third kappa shape index (κ3) is 5.86. The first-order chi connectivity index (χ1) is 12.0. The molecule has 0 aliphatic heterocycles. The Hall–Kier alpha value is -1.86. The topological polar surface area (TPSA) is 59.6 Å². The molecular formula is C17H16Cl2N2O3S. The molecule has 2 rings (SSSR count). The smallest absolute Gasteiger partial charge is 0.261 e. The summed E-state index contributed by atoms with van der Waals surface area (Å²) in [5.74, 6) is 0.0555. The molecule has 0 saturated carbocycles. The number of carbonyl (C=O) groups excluding carboxylic acids is 1. The second-order valence-corrected chi connectivity index (χ2v) is 6.12.